The highest BCUT2D eigenvalue weighted by Gasteiger charge is 2.17. The van der Waals surface area contributed by atoms with Crippen LogP contribution in [0.2, 0.25) is 0 Å². The average Bonchev–Trinajstić information content (AvgIpc) is 3.21. The molecule has 1 amide bonds. The van der Waals surface area contributed by atoms with Crippen molar-refractivity contribution in [2.45, 2.75) is 13.8 Å². The number of hydrogen-bond acceptors (Lipinski definition) is 9. The van der Waals surface area contributed by atoms with Gasteiger partial charge in [0, 0.05) is 37.5 Å². The minimum Gasteiger partial charge on any atom is -0.354 e. The van der Waals surface area contributed by atoms with Crippen molar-refractivity contribution in [3.63, 3.8) is 0 Å². The molecule has 3 N–H and O–H groups in total. The van der Waals surface area contributed by atoms with Crippen molar-refractivity contribution in [1.82, 2.24) is 30.6 Å². The summed E-state index contributed by atoms with van der Waals surface area (Å²) in [5.74, 6) is 1.67. The Morgan fingerprint density at radius 3 is 2.55 bits per heavy atom. The Kier molecular flexibility index (Phi) is 5.52. The first-order valence-electron chi connectivity index (χ1n) is 9.50. The van der Waals surface area contributed by atoms with Crippen molar-refractivity contribution in [2.24, 2.45) is 0 Å². The number of carbonyl (C=O) groups is 1. The van der Waals surface area contributed by atoms with Gasteiger partial charge in [0.15, 0.2) is 11.5 Å². The highest BCUT2D eigenvalue weighted by molar-refractivity contribution is 5.98. The van der Waals surface area contributed by atoms with Crippen LogP contribution in [0.1, 0.15) is 21.9 Å². The van der Waals surface area contributed by atoms with Crippen LogP contribution >= 0.6 is 0 Å². The SMILES string of the molecule is CNC(=O)c1nnc(Nc2ccccn2)cc1Nc1cccc(-c2noc(C)n2)c1C. The van der Waals surface area contributed by atoms with E-state index in [0.717, 1.165) is 16.8 Å². The summed E-state index contributed by atoms with van der Waals surface area (Å²) in [7, 11) is 1.54. The molecule has 31 heavy (non-hydrogen) atoms. The third-order valence-electron chi connectivity index (χ3n) is 4.53. The molecule has 0 unspecified atom stereocenters. The van der Waals surface area contributed by atoms with E-state index in [0.29, 0.717) is 29.0 Å². The fraction of sp³-hybridized carbons (Fsp3) is 0.143. The zero-order valence-corrected chi connectivity index (χ0v) is 17.2. The molecule has 156 valence electrons. The number of hydrogen-bond donors (Lipinski definition) is 3. The molecule has 0 saturated carbocycles. The summed E-state index contributed by atoms with van der Waals surface area (Å²) in [6.07, 6.45) is 1.67. The van der Waals surface area contributed by atoms with E-state index in [-0.39, 0.29) is 11.6 Å². The molecule has 0 atom stereocenters. The summed E-state index contributed by atoms with van der Waals surface area (Å²) in [6, 6.07) is 12.9. The van der Waals surface area contributed by atoms with Gasteiger partial charge in [0.05, 0.1) is 5.69 Å². The van der Waals surface area contributed by atoms with Gasteiger partial charge in [-0.15, -0.1) is 10.2 Å². The van der Waals surface area contributed by atoms with Gasteiger partial charge in [-0.3, -0.25) is 4.79 Å². The number of carbonyl (C=O) groups excluding carboxylic acids is 1. The molecule has 4 rings (SSSR count). The van der Waals surface area contributed by atoms with E-state index in [1.54, 1.807) is 19.2 Å². The largest absolute Gasteiger partial charge is 0.354 e. The summed E-state index contributed by atoms with van der Waals surface area (Å²) in [4.78, 5) is 20.9. The predicted octanol–water partition coefficient (Wildman–Crippen LogP) is 3.39. The highest BCUT2D eigenvalue weighted by Crippen LogP contribution is 2.30. The van der Waals surface area contributed by atoms with Gasteiger partial charge in [-0.25, -0.2) is 4.98 Å². The van der Waals surface area contributed by atoms with Gasteiger partial charge >= 0.3 is 0 Å². The van der Waals surface area contributed by atoms with Gasteiger partial charge < -0.3 is 20.5 Å². The van der Waals surface area contributed by atoms with Crippen molar-refractivity contribution >= 4 is 28.9 Å². The molecule has 0 spiro atoms. The van der Waals surface area contributed by atoms with Crippen LogP contribution in [0.5, 0.6) is 0 Å². The molecule has 10 heteroatoms. The van der Waals surface area contributed by atoms with Gasteiger partial charge in [-0.1, -0.05) is 23.4 Å². The van der Waals surface area contributed by atoms with Crippen LogP contribution < -0.4 is 16.0 Å². The van der Waals surface area contributed by atoms with Crippen molar-refractivity contribution in [2.75, 3.05) is 17.7 Å². The normalized spacial score (nSPS) is 10.5. The molecular weight excluding hydrogens is 396 g/mol. The van der Waals surface area contributed by atoms with Crippen molar-refractivity contribution in [3.05, 3.63) is 65.8 Å². The number of nitrogens with one attached hydrogen (secondary N) is 3. The molecule has 3 aromatic heterocycles. The summed E-state index contributed by atoms with van der Waals surface area (Å²) < 4.78 is 5.10. The fourth-order valence-corrected chi connectivity index (χ4v) is 2.97. The number of rotatable bonds is 6. The first-order chi connectivity index (χ1) is 15.0. The number of aryl methyl sites for hydroxylation is 1. The first-order valence-corrected chi connectivity index (χ1v) is 9.50. The van der Waals surface area contributed by atoms with Crippen LogP contribution in [0.3, 0.4) is 0 Å². The Labute approximate surface area is 178 Å². The van der Waals surface area contributed by atoms with E-state index in [1.165, 1.54) is 7.05 Å². The maximum Gasteiger partial charge on any atom is 0.273 e. The van der Waals surface area contributed by atoms with E-state index >= 15 is 0 Å². The van der Waals surface area contributed by atoms with Crippen LogP contribution in [-0.2, 0) is 0 Å². The lowest BCUT2D eigenvalue weighted by molar-refractivity contribution is 0.0958. The predicted molar refractivity (Wildman–Crippen MR) is 115 cm³/mol. The maximum atomic E-state index is 12.4. The van der Waals surface area contributed by atoms with Crippen LogP contribution in [0.15, 0.2) is 53.2 Å². The van der Waals surface area contributed by atoms with Crippen LogP contribution in [0.25, 0.3) is 11.4 Å². The van der Waals surface area contributed by atoms with Crippen molar-refractivity contribution in [1.29, 1.82) is 0 Å². The Bertz CT molecular complexity index is 1220. The molecule has 0 aliphatic carbocycles. The van der Waals surface area contributed by atoms with Gasteiger partial charge in [-0.2, -0.15) is 4.98 Å². The van der Waals surface area contributed by atoms with Gasteiger partial charge in [0.2, 0.25) is 11.7 Å². The van der Waals surface area contributed by atoms with Crippen molar-refractivity contribution < 1.29 is 9.32 Å². The summed E-state index contributed by atoms with van der Waals surface area (Å²) >= 11 is 0. The molecule has 0 aliphatic rings. The number of anilines is 4. The Balaban J connectivity index is 1.71. The number of amides is 1. The smallest absolute Gasteiger partial charge is 0.273 e. The third-order valence-corrected chi connectivity index (χ3v) is 4.53. The van der Waals surface area contributed by atoms with E-state index < -0.39 is 0 Å². The minimum absolute atomic E-state index is 0.161. The fourth-order valence-electron chi connectivity index (χ4n) is 2.97. The molecule has 0 aliphatic heterocycles. The molecule has 0 fully saturated rings. The van der Waals surface area contributed by atoms with E-state index in [4.69, 9.17) is 4.52 Å². The summed E-state index contributed by atoms with van der Waals surface area (Å²) in [5, 5.41) is 21.2. The zero-order valence-electron chi connectivity index (χ0n) is 17.2. The second kappa shape index (κ2) is 8.57. The first kappa shape index (κ1) is 20.0. The number of benzene rings is 1. The standard InChI is InChI=1S/C21H20N8O2/c1-12-14(20-24-13(2)31-29-20)7-6-8-15(12)25-16-11-18(26-17-9-4-5-10-23-17)27-28-19(16)21(30)22-3/h4-11H,1-3H3,(H,22,30)(H2,23,25,26,27). The van der Waals surface area contributed by atoms with Crippen LogP contribution in [0, 0.1) is 13.8 Å². The zero-order chi connectivity index (χ0) is 21.8. The molecule has 4 aromatic rings. The molecule has 10 nitrogen and oxygen atoms in total. The monoisotopic (exact) mass is 416 g/mol. The molecule has 3 heterocycles. The summed E-state index contributed by atoms with van der Waals surface area (Å²) in [6.45, 7) is 3.67. The second-order valence-corrected chi connectivity index (χ2v) is 6.65. The van der Waals surface area contributed by atoms with Gasteiger partial charge in [0.25, 0.3) is 5.91 Å². The Hall–Kier alpha value is -4.34. The third kappa shape index (κ3) is 4.32. The minimum atomic E-state index is -0.359. The highest BCUT2D eigenvalue weighted by atomic mass is 16.5. The van der Waals surface area contributed by atoms with Gasteiger partial charge in [-0.05, 0) is 30.7 Å². The number of pyridine rings is 1. The van der Waals surface area contributed by atoms with E-state index in [2.05, 4.69) is 41.3 Å². The second-order valence-electron chi connectivity index (χ2n) is 6.65. The molecule has 0 saturated heterocycles. The molecule has 0 bridgehead atoms. The number of nitrogens with zero attached hydrogens (tertiary/aromatic N) is 5. The Morgan fingerprint density at radius 1 is 0.968 bits per heavy atom. The lowest BCUT2D eigenvalue weighted by atomic mass is 10.1. The Morgan fingerprint density at radius 2 is 1.84 bits per heavy atom. The van der Waals surface area contributed by atoms with Crippen LogP contribution in [0.4, 0.5) is 23.0 Å². The number of aromatic nitrogens is 5. The average molecular weight is 416 g/mol. The maximum absolute atomic E-state index is 12.4. The summed E-state index contributed by atoms with van der Waals surface area (Å²) in [5.41, 5.74) is 3.12. The van der Waals surface area contributed by atoms with E-state index in [9.17, 15) is 4.79 Å². The van der Waals surface area contributed by atoms with E-state index in [1.807, 2.05) is 43.3 Å². The molecular formula is C21H20N8O2. The lowest BCUT2D eigenvalue weighted by Crippen LogP contribution is -2.21. The van der Waals surface area contributed by atoms with Gasteiger partial charge in [0.1, 0.15) is 5.82 Å². The van der Waals surface area contributed by atoms with Crippen LogP contribution in [-0.4, -0.2) is 38.3 Å². The lowest BCUT2D eigenvalue weighted by Gasteiger charge is -2.15. The quantitative estimate of drug-likeness (QED) is 0.433. The topological polar surface area (TPSA) is 131 Å². The molecule has 1 aromatic carbocycles. The molecule has 0 radical (unpaired) electrons. The van der Waals surface area contributed by atoms with Crippen molar-refractivity contribution in [3.8, 4) is 11.4 Å².